The third-order valence-corrected chi connectivity index (χ3v) is 4.56. The van der Waals surface area contributed by atoms with E-state index < -0.39 is 0 Å². The van der Waals surface area contributed by atoms with Crippen molar-refractivity contribution >= 4 is 15.9 Å². The average Bonchev–Trinajstić information content (AvgIpc) is 2.46. The Kier molecular flexibility index (Phi) is 6.49. The van der Waals surface area contributed by atoms with Gasteiger partial charge in [-0.3, -0.25) is 0 Å². The summed E-state index contributed by atoms with van der Waals surface area (Å²) in [6.45, 7) is 4.07. The third kappa shape index (κ3) is 5.17. The molecule has 0 spiro atoms. The monoisotopic (exact) mass is 340 g/mol. The average molecular weight is 341 g/mol. The van der Waals surface area contributed by atoms with Crippen LogP contribution in [0.15, 0.2) is 28.7 Å². The molecule has 0 radical (unpaired) electrons. The second-order valence-corrected chi connectivity index (χ2v) is 6.68. The zero-order chi connectivity index (χ0) is 14.4. The maximum Gasteiger partial charge on any atom is 0.0469 e. The fourth-order valence-electron chi connectivity index (χ4n) is 2.70. The number of nitrogens with zero attached hydrogens (tertiary/aromatic N) is 1. The Hall–Kier alpha value is -0.420. The molecule has 0 amide bonds. The van der Waals surface area contributed by atoms with Gasteiger partial charge in [-0.25, -0.2) is 0 Å². The highest BCUT2D eigenvalue weighted by atomic mass is 79.9. The first-order valence-corrected chi connectivity index (χ1v) is 8.22. The first-order chi connectivity index (χ1) is 9.65. The van der Waals surface area contributed by atoms with Crippen molar-refractivity contribution in [3.8, 4) is 0 Å². The predicted octanol–water partition coefficient (Wildman–Crippen LogP) is 3.20. The second kappa shape index (κ2) is 8.13. The quantitative estimate of drug-likeness (QED) is 0.864. The molecule has 112 valence electrons. The van der Waals surface area contributed by atoms with Gasteiger partial charge in [-0.05, 0) is 56.5 Å². The zero-order valence-corrected chi connectivity index (χ0v) is 13.8. The Morgan fingerprint density at radius 2 is 1.95 bits per heavy atom. The summed E-state index contributed by atoms with van der Waals surface area (Å²) in [6.07, 6.45) is 3.40. The van der Waals surface area contributed by atoms with E-state index in [2.05, 4.69) is 52.1 Å². The van der Waals surface area contributed by atoms with Gasteiger partial charge in [-0.15, -0.1) is 0 Å². The van der Waals surface area contributed by atoms with E-state index in [1.165, 1.54) is 18.4 Å². The number of halogens is 1. The molecule has 1 heterocycles. The lowest BCUT2D eigenvalue weighted by atomic mass is 9.99. The first kappa shape index (κ1) is 16.0. The summed E-state index contributed by atoms with van der Waals surface area (Å²) in [6, 6.07) is 8.45. The normalized spacial score (nSPS) is 18.4. The molecule has 1 aliphatic rings. The number of benzene rings is 1. The van der Waals surface area contributed by atoms with Crippen LogP contribution in [0.25, 0.3) is 0 Å². The minimum absolute atomic E-state index is 0.125. The fourth-order valence-corrected chi connectivity index (χ4v) is 2.96. The van der Waals surface area contributed by atoms with E-state index in [-0.39, 0.29) is 6.04 Å². The molecule has 1 saturated heterocycles. The first-order valence-electron chi connectivity index (χ1n) is 7.42. The topological polar surface area (TPSA) is 38.5 Å². The summed E-state index contributed by atoms with van der Waals surface area (Å²) in [5.74, 6) is 0.789. The summed E-state index contributed by atoms with van der Waals surface area (Å²) in [7, 11) is 2.20. The lowest BCUT2D eigenvalue weighted by molar-refractivity contribution is 0.0554. The van der Waals surface area contributed by atoms with Crippen molar-refractivity contribution in [3.05, 3.63) is 34.3 Å². The molecule has 2 N–H and O–H groups in total. The summed E-state index contributed by atoms with van der Waals surface area (Å²) in [5.41, 5.74) is 7.48. The van der Waals surface area contributed by atoms with Crippen molar-refractivity contribution in [2.45, 2.75) is 25.3 Å². The molecule has 1 unspecified atom stereocenters. The van der Waals surface area contributed by atoms with Crippen LogP contribution in [-0.4, -0.2) is 38.3 Å². The van der Waals surface area contributed by atoms with Crippen LogP contribution >= 0.6 is 15.9 Å². The molecule has 20 heavy (non-hydrogen) atoms. The Bertz CT molecular complexity index is 390. The highest BCUT2D eigenvalue weighted by Gasteiger charge is 2.16. The van der Waals surface area contributed by atoms with Gasteiger partial charge in [0, 0.05) is 30.3 Å². The van der Waals surface area contributed by atoms with Crippen LogP contribution in [0.1, 0.15) is 30.9 Å². The van der Waals surface area contributed by atoms with E-state index in [9.17, 15) is 0 Å². The van der Waals surface area contributed by atoms with Crippen molar-refractivity contribution in [1.82, 2.24) is 4.90 Å². The lowest BCUT2D eigenvalue weighted by Gasteiger charge is -2.27. The van der Waals surface area contributed by atoms with Gasteiger partial charge < -0.3 is 15.4 Å². The summed E-state index contributed by atoms with van der Waals surface area (Å²) >= 11 is 3.45. The van der Waals surface area contributed by atoms with E-state index in [1.54, 1.807) is 0 Å². The van der Waals surface area contributed by atoms with Crippen LogP contribution < -0.4 is 5.73 Å². The van der Waals surface area contributed by atoms with Crippen molar-refractivity contribution in [2.24, 2.45) is 11.7 Å². The second-order valence-electron chi connectivity index (χ2n) is 5.76. The number of hydrogen-bond acceptors (Lipinski definition) is 3. The molecule has 3 nitrogen and oxygen atoms in total. The van der Waals surface area contributed by atoms with Crippen molar-refractivity contribution in [3.63, 3.8) is 0 Å². The highest BCUT2D eigenvalue weighted by Crippen LogP contribution is 2.19. The number of nitrogens with two attached hydrogens (primary N) is 1. The van der Waals surface area contributed by atoms with Crippen LogP contribution in [-0.2, 0) is 4.74 Å². The summed E-state index contributed by atoms with van der Waals surface area (Å²) in [4.78, 5) is 2.41. The van der Waals surface area contributed by atoms with E-state index in [1.807, 2.05) is 0 Å². The van der Waals surface area contributed by atoms with Gasteiger partial charge in [-0.1, -0.05) is 28.1 Å². The zero-order valence-electron chi connectivity index (χ0n) is 12.2. The SMILES string of the molecule is CN(CCC(N)c1ccc(Br)cc1)CC1CCOCC1. The van der Waals surface area contributed by atoms with Crippen LogP contribution in [0.5, 0.6) is 0 Å². The van der Waals surface area contributed by atoms with Crippen LogP contribution in [0, 0.1) is 5.92 Å². The standard InChI is InChI=1S/C16H25BrN2O/c1-19(12-13-7-10-20-11-8-13)9-6-16(18)14-2-4-15(17)5-3-14/h2-5,13,16H,6-12,18H2,1H3. The van der Waals surface area contributed by atoms with Gasteiger partial charge in [0.2, 0.25) is 0 Å². The summed E-state index contributed by atoms with van der Waals surface area (Å²) in [5, 5.41) is 0. The van der Waals surface area contributed by atoms with E-state index >= 15 is 0 Å². The molecule has 1 aromatic rings. The maximum atomic E-state index is 6.26. The predicted molar refractivity (Wildman–Crippen MR) is 86.7 cm³/mol. The van der Waals surface area contributed by atoms with Crippen molar-refractivity contribution in [1.29, 1.82) is 0 Å². The summed E-state index contributed by atoms with van der Waals surface area (Å²) < 4.78 is 6.51. The van der Waals surface area contributed by atoms with Gasteiger partial charge in [-0.2, -0.15) is 0 Å². The van der Waals surface area contributed by atoms with E-state index in [0.717, 1.165) is 43.1 Å². The lowest BCUT2D eigenvalue weighted by Crippen LogP contribution is -2.31. The van der Waals surface area contributed by atoms with Gasteiger partial charge >= 0.3 is 0 Å². The third-order valence-electron chi connectivity index (χ3n) is 4.03. The van der Waals surface area contributed by atoms with Crippen LogP contribution in [0.4, 0.5) is 0 Å². The fraction of sp³-hybridized carbons (Fsp3) is 0.625. The molecule has 0 saturated carbocycles. The molecule has 1 aromatic carbocycles. The molecular weight excluding hydrogens is 316 g/mol. The molecule has 0 bridgehead atoms. The van der Waals surface area contributed by atoms with Gasteiger partial charge in [0.15, 0.2) is 0 Å². The minimum Gasteiger partial charge on any atom is -0.381 e. The largest absolute Gasteiger partial charge is 0.381 e. The van der Waals surface area contributed by atoms with Gasteiger partial charge in [0.25, 0.3) is 0 Å². The van der Waals surface area contributed by atoms with Crippen LogP contribution in [0.2, 0.25) is 0 Å². The highest BCUT2D eigenvalue weighted by molar-refractivity contribution is 9.10. The van der Waals surface area contributed by atoms with Gasteiger partial charge in [0.05, 0.1) is 0 Å². The molecular formula is C16H25BrN2O. The molecule has 4 heteroatoms. The Labute approximate surface area is 130 Å². The van der Waals surface area contributed by atoms with Crippen LogP contribution in [0.3, 0.4) is 0 Å². The maximum absolute atomic E-state index is 6.26. The molecule has 1 fully saturated rings. The number of rotatable bonds is 6. The smallest absolute Gasteiger partial charge is 0.0469 e. The Morgan fingerprint density at radius 3 is 2.60 bits per heavy atom. The Balaban J connectivity index is 1.71. The Morgan fingerprint density at radius 1 is 1.30 bits per heavy atom. The molecule has 2 rings (SSSR count). The number of ether oxygens (including phenoxy) is 1. The molecule has 0 aliphatic carbocycles. The van der Waals surface area contributed by atoms with E-state index in [4.69, 9.17) is 10.5 Å². The molecule has 1 aliphatic heterocycles. The number of hydrogen-bond donors (Lipinski definition) is 1. The van der Waals surface area contributed by atoms with Crippen molar-refractivity contribution < 1.29 is 4.74 Å². The minimum atomic E-state index is 0.125. The molecule has 1 atom stereocenters. The van der Waals surface area contributed by atoms with Crippen molar-refractivity contribution in [2.75, 3.05) is 33.4 Å². The van der Waals surface area contributed by atoms with E-state index in [0.29, 0.717) is 0 Å². The van der Waals surface area contributed by atoms with Gasteiger partial charge in [0.1, 0.15) is 0 Å². The molecule has 0 aromatic heterocycles.